The third kappa shape index (κ3) is 5.18. The number of hydrogen-bond donors (Lipinski definition) is 1. The molecule has 118 valence electrons. The Morgan fingerprint density at radius 2 is 1.57 bits per heavy atom. The summed E-state index contributed by atoms with van der Waals surface area (Å²) in [5, 5.41) is 3.19. The number of nitrogens with one attached hydrogen (secondary N) is 1. The van der Waals surface area contributed by atoms with Crippen LogP contribution in [-0.2, 0) is 4.79 Å². The zero-order chi connectivity index (χ0) is 16.0. The Morgan fingerprint density at radius 1 is 1.05 bits per heavy atom. The van der Waals surface area contributed by atoms with E-state index in [0.717, 1.165) is 18.5 Å². The first-order valence-corrected chi connectivity index (χ1v) is 8.29. The monoisotopic (exact) mass is 289 g/mol. The van der Waals surface area contributed by atoms with E-state index in [1.54, 1.807) is 0 Å². The number of benzene rings is 1. The average Bonchev–Trinajstić information content (AvgIpc) is 2.38. The van der Waals surface area contributed by atoms with Crippen molar-refractivity contribution < 1.29 is 4.79 Å². The SMILES string of the molecule is CCCC(C)CC(=O)Nc1c(C(C)C)cccc1C(C)C. The molecule has 1 aromatic rings. The van der Waals surface area contributed by atoms with Crippen LogP contribution in [0.2, 0.25) is 0 Å². The molecule has 0 saturated carbocycles. The van der Waals surface area contributed by atoms with E-state index in [9.17, 15) is 4.79 Å². The summed E-state index contributed by atoms with van der Waals surface area (Å²) in [5.41, 5.74) is 3.51. The molecule has 0 radical (unpaired) electrons. The third-order valence-electron chi connectivity index (χ3n) is 3.95. The maximum Gasteiger partial charge on any atom is 0.224 e. The zero-order valence-electron chi connectivity index (χ0n) is 14.5. The molecule has 1 rings (SSSR count). The van der Waals surface area contributed by atoms with Gasteiger partial charge in [-0.3, -0.25) is 4.79 Å². The molecule has 1 atom stereocenters. The number of carbonyl (C=O) groups is 1. The van der Waals surface area contributed by atoms with Gasteiger partial charge in [0.1, 0.15) is 0 Å². The van der Waals surface area contributed by atoms with Crippen molar-refractivity contribution in [3.8, 4) is 0 Å². The van der Waals surface area contributed by atoms with Gasteiger partial charge in [-0.2, -0.15) is 0 Å². The van der Waals surface area contributed by atoms with E-state index in [1.807, 2.05) is 0 Å². The van der Waals surface area contributed by atoms with E-state index in [0.29, 0.717) is 24.2 Å². The summed E-state index contributed by atoms with van der Waals surface area (Å²) in [4.78, 5) is 12.3. The summed E-state index contributed by atoms with van der Waals surface area (Å²) in [7, 11) is 0. The van der Waals surface area contributed by atoms with Gasteiger partial charge in [-0.1, -0.05) is 72.6 Å². The standard InChI is InChI=1S/C19H31NO/c1-7-9-15(6)12-18(21)20-19-16(13(2)3)10-8-11-17(19)14(4)5/h8,10-11,13-15H,7,9,12H2,1-6H3,(H,20,21). The van der Waals surface area contributed by atoms with Crippen LogP contribution in [-0.4, -0.2) is 5.91 Å². The molecule has 0 spiro atoms. The molecule has 1 amide bonds. The predicted molar refractivity (Wildman–Crippen MR) is 91.9 cm³/mol. The summed E-state index contributed by atoms with van der Waals surface area (Å²) in [6, 6.07) is 6.35. The van der Waals surface area contributed by atoms with Gasteiger partial charge in [0.25, 0.3) is 0 Å². The molecule has 0 aliphatic heterocycles. The summed E-state index contributed by atoms with van der Waals surface area (Å²) in [5.74, 6) is 1.41. The highest BCUT2D eigenvalue weighted by molar-refractivity contribution is 5.92. The third-order valence-corrected chi connectivity index (χ3v) is 3.95. The highest BCUT2D eigenvalue weighted by atomic mass is 16.1. The van der Waals surface area contributed by atoms with Crippen LogP contribution >= 0.6 is 0 Å². The first-order valence-electron chi connectivity index (χ1n) is 8.29. The summed E-state index contributed by atoms with van der Waals surface area (Å²) >= 11 is 0. The maximum absolute atomic E-state index is 12.3. The molecule has 0 aliphatic carbocycles. The van der Waals surface area contributed by atoms with Crippen LogP contribution in [0.15, 0.2) is 18.2 Å². The Kier molecular flexibility index (Phi) is 6.94. The highest BCUT2D eigenvalue weighted by Crippen LogP contribution is 2.32. The molecule has 0 aromatic heterocycles. The van der Waals surface area contributed by atoms with Crippen LogP contribution in [0.3, 0.4) is 0 Å². The summed E-state index contributed by atoms with van der Waals surface area (Å²) in [6.07, 6.45) is 2.85. The predicted octanol–water partition coefficient (Wildman–Crippen LogP) is 5.70. The van der Waals surface area contributed by atoms with Crippen LogP contribution in [0, 0.1) is 5.92 Å². The van der Waals surface area contributed by atoms with Gasteiger partial charge in [0.05, 0.1) is 0 Å². The van der Waals surface area contributed by atoms with Crippen LogP contribution < -0.4 is 5.32 Å². The molecule has 1 N–H and O–H groups in total. The fourth-order valence-electron chi connectivity index (χ4n) is 2.80. The molecule has 2 nitrogen and oxygen atoms in total. The normalized spacial score (nSPS) is 12.8. The summed E-state index contributed by atoms with van der Waals surface area (Å²) in [6.45, 7) is 13.0. The van der Waals surface area contributed by atoms with Crippen molar-refractivity contribution in [1.82, 2.24) is 0 Å². The van der Waals surface area contributed by atoms with Crippen LogP contribution in [0.4, 0.5) is 5.69 Å². The van der Waals surface area contributed by atoms with Gasteiger partial charge in [-0.15, -0.1) is 0 Å². The van der Waals surface area contributed by atoms with E-state index >= 15 is 0 Å². The van der Waals surface area contributed by atoms with Crippen molar-refractivity contribution in [2.45, 2.75) is 72.6 Å². The smallest absolute Gasteiger partial charge is 0.224 e. The lowest BCUT2D eigenvalue weighted by Gasteiger charge is -2.21. The van der Waals surface area contributed by atoms with Crippen LogP contribution in [0.5, 0.6) is 0 Å². The Hall–Kier alpha value is -1.31. The van der Waals surface area contributed by atoms with E-state index in [-0.39, 0.29) is 5.91 Å². The molecule has 0 aliphatic rings. The number of rotatable bonds is 7. The van der Waals surface area contributed by atoms with Gasteiger partial charge in [0.15, 0.2) is 0 Å². The van der Waals surface area contributed by atoms with Gasteiger partial charge in [0, 0.05) is 12.1 Å². The van der Waals surface area contributed by atoms with Gasteiger partial charge in [-0.25, -0.2) is 0 Å². The van der Waals surface area contributed by atoms with E-state index < -0.39 is 0 Å². The topological polar surface area (TPSA) is 29.1 Å². The van der Waals surface area contributed by atoms with Crippen molar-refractivity contribution in [2.75, 3.05) is 5.32 Å². The highest BCUT2D eigenvalue weighted by Gasteiger charge is 2.16. The van der Waals surface area contributed by atoms with E-state index in [1.165, 1.54) is 11.1 Å². The number of para-hydroxylation sites is 1. The van der Waals surface area contributed by atoms with Gasteiger partial charge < -0.3 is 5.32 Å². The lowest BCUT2D eigenvalue weighted by Crippen LogP contribution is -2.18. The number of anilines is 1. The summed E-state index contributed by atoms with van der Waals surface area (Å²) < 4.78 is 0. The molecule has 21 heavy (non-hydrogen) atoms. The van der Waals surface area contributed by atoms with Gasteiger partial charge in [0.2, 0.25) is 5.91 Å². The molecular formula is C19H31NO. The lowest BCUT2D eigenvalue weighted by molar-refractivity contribution is -0.117. The number of amides is 1. The molecule has 0 heterocycles. The van der Waals surface area contributed by atoms with Crippen molar-refractivity contribution >= 4 is 11.6 Å². The van der Waals surface area contributed by atoms with Crippen molar-refractivity contribution in [3.63, 3.8) is 0 Å². The van der Waals surface area contributed by atoms with Crippen LogP contribution in [0.1, 0.15) is 83.8 Å². The minimum Gasteiger partial charge on any atom is -0.326 e. The first kappa shape index (κ1) is 17.7. The maximum atomic E-state index is 12.3. The Labute approximate surface area is 130 Å². The average molecular weight is 289 g/mol. The zero-order valence-corrected chi connectivity index (χ0v) is 14.5. The Bertz CT molecular complexity index is 436. The van der Waals surface area contributed by atoms with Crippen LogP contribution in [0.25, 0.3) is 0 Å². The quantitative estimate of drug-likeness (QED) is 0.685. The van der Waals surface area contributed by atoms with Gasteiger partial charge in [-0.05, 0) is 28.9 Å². The first-order chi connectivity index (χ1) is 9.86. The Balaban J connectivity index is 2.97. The van der Waals surface area contributed by atoms with Crippen molar-refractivity contribution in [2.24, 2.45) is 5.92 Å². The Morgan fingerprint density at radius 3 is 2.00 bits per heavy atom. The lowest BCUT2D eigenvalue weighted by atomic mass is 9.92. The second kappa shape index (κ2) is 8.21. The van der Waals surface area contributed by atoms with Gasteiger partial charge >= 0.3 is 0 Å². The number of hydrogen-bond acceptors (Lipinski definition) is 1. The second-order valence-electron chi connectivity index (χ2n) is 6.77. The van der Waals surface area contributed by atoms with Crippen molar-refractivity contribution in [3.05, 3.63) is 29.3 Å². The minimum absolute atomic E-state index is 0.144. The fraction of sp³-hybridized carbons (Fsp3) is 0.632. The molecular weight excluding hydrogens is 258 g/mol. The molecule has 0 fully saturated rings. The minimum atomic E-state index is 0.144. The molecule has 0 saturated heterocycles. The number of carbonyl (C=O) groups excluding carboxylic acids is 1. The molecule has 1 unspecified atom stereocenters. The van der Waals surface area contributed by atoms with Crippen molar-refractivity contribution in [1.29, 1.82) is 0 Å². The fourth-order valence-corrected chi connectivity index (χ4v) is 2.80. The van der Waals surface area contributed by atoms with E-state index in [4.69, 9.17) is 0 Å². The van der Waals surface area contributed by atoms with E-state index in [2.05, 4.69) is 65.1 Å². The molecule has 1 aromatic carbocycles. The molecule has 2 heteroatoms. The second-order valence-corrected chi connectivity index (χ2v) is 6.77. The molecule has 0 bridgehead atoms. The largest absolute Gasteiger partial charge is 0.326 e.